The van der Waals surface area contributed by atoms with Crippen LogP contribution in [0.5, 0.6) is 0 Å². The van der Waals surface area contributed by atoms with Crippen LogP contribution in [0.3, 0.4) is 0 Å². The number of carbonyl (C=O) groups excluding carboxylic acids is 2. The van der Waals surface area contributed by atoms with Crippen LogP contribution in [0.15, 0.2) is 12.2 Å². The summed E-state index contributed by atoms with van der Waals surface area (Å²) in [5.74, 6) is 1.17. The van der Waals surface area contributed by atoms with Gasteiger partial charge >= 0.3 is 0 Å². The molecule has 0 unspecified atom stereocenters. The van der Waals surface area contributed by atoms with Crippen LogP contribution in [0.4, 0.5) is 0 Å². The topological polar surface area (TPSA) is 58.2 Å². The molecule has 0 aromatic rings. The van der Waals surface area contributed by atoms with E-state index in [1.807, 2.05) is 0 Å². The van der Waals surface area contributed by atoms with Gasteiger partial charge < -0.3 is 10.6 Å². The highest BCUT2D eigenvalue weighted by molar-refractivity contribution is 5.76. The SMILES string of the molecule is CCCCCCCCCCCCCCCCCC(=O)NCCCNC(=O)CCCCCCCC=CCCCCCCCC(C)C. The Kier molecular flexibility index (Phi) is 36.1. The van der Waals surface area contributed by atoms with Crippen molar-refractivity contribution in [3.05, 3.63) is 12.2 Å². The third-order valence-corrected chi connectivity index (χ3v) is 9.10. The Labute approximate surface area is 282 Å². The maximum Gasteiger partial charge on any atom is 0.219 e. The van der Waals surface area contributed by atoms with Crippen molar-refractivity contribution in [1.82, 2.24) is 10.6 Å². The lowest BCUT2D eigenvalue weighted by molar-refractivity contribution is -0.121. The molecule has 2 amide bonds. The summed E-state index contributed by atoms with van der Waals surface area (Å²) in [5, 5.41) is 6.02. The predicted octanol–water partition coefficient (Wildman–Crippen LogP) is 12.5. The number of amides is 2. The highest BCUT2D eigenvalue weighted by Crippen LogP contribution is 2.14. The lowest BCUT2D eigenvalue weighted by Gasteiger charge is -2.07. The number of unbranched alkanes of at least 4 members (excludes halogenated alkanes) is 24. The Morgan fingerprint density at radius 3 is 1.16 bits per heavy atom. The number of rotatable bonds is 36. The molecule has 0 bridgehead atoms. The standard InChI is InChI=1S/C41H80N2O2/c1-4-5-6-7-8-9-10-11-12-16-19-22-25-28-31-35-40(44)42-37-33-38-43-41(45)36-32-29-26-23-20-17-14-13-15-18-21-24-27-30-34-39(2)3/h13-14,39H,4-12,15-38H2,1-3H3,(H,42,44)(H,43,45). The molecule has 0 aliphatic rings. The largest absolute Gasteiger partial charge is 0.356 e. The maximum absolute atomic E-state index is 12.1. The lowest BCUT2D eigenvalue weighted by atomic mass is 10.0. The molecule has 0 aliphatic heterocycles. The normalized spacial score (nSPS) is 11.6. The molecule has 0 spiro atoms. The highest BCUT2D eigenvalue weighted by atomic mass is 16.2. The molecule has 0 fully saturated rings. The molecule has 0 saturated heterocycles. The molecule has 0 aromatic carbocycles. The molecule has 4 nitrogen and oxygen atoms in total. The average molecular weight is 633 g/mol. The van der Waals surface area contributed by atoms with Crippen molar-refractivity contribution < 1.29 is 9.59 Å². The van der Waals surface area contributed by atoms with E-state index in [4.69, 9.17) is 0 Å². The van der Waals surface area contributed by atoms with Crippen LogP contribution in [-0.2, 0) is 9.59 Å². The second-order valence-electron chi connectivity index (χ2n) is 14.3. The summed E-state index contributed by atoms with van der Waals surface area (Å²) in [5.41, 5.74) is 0. The van der Waals surface area contributed by atoms with Gasteiger partial charge in [0, 0.05) is 25.9 Å². The van der Waals surface area contributed by atoms with Gasteiger partial charge in [0.05, 0.1) is 0 Å². The molecule has 0 heterocycles. The van der Waals surface area contributed by atoms with Gasteiger partial charge in [-0.3, -0.25) is 9.59 Å². The van der Waals surface area contributed by atoms with E-state index in [0.717, 1.165) is 38.0 Å². The second-order valence-corrected chi connectivity index (χ2v) is 14.3. The van der Waals surface area contributed by atoms with Crippen molar-refractivity contribution in [3.8, 4) is 0 Å². The fraction of sp³-hybridized carbons (Fsp3) is 0.902. The summed E-state index contributed by atoms with van der Waals surface area (Å²) in [6.07, 6.45) is 43.6. The minimum atomic E-state index is 0.155. The van der Waals surface area contributed by atoms with Crippen molar-refractivity contribution in [1.29, 1.82) is 0 Å². The molecule has 0 rings (SSSR count). The molecule has 2 N–H and O–H groups in total. The van der Waals surface area contributed by atoms with Gasteiger partial charge in [0.25, 0.3) is 0 Å². The van der Waals surface area contributed by atoms with E-state index in [-0.39, 0.29) is 11.8 Å². The molecule has 4 heteroatoms. The summed E-state index contributed by atoms with van der Waals surface area (Å²) in [7, 11) is 0. The Morgan fingerprint density at radius 1 is 0.444 bits per heavy atom. The first-order valence-corrected chi connectivity index (χ1v) is 20.2. The molecular formula is C41H80N2O2. The summed E-state index contributed by atoms with van der Waals surface area (Å²) >= 11 is 0. The van der Waals surface area contributed by atoms with Gasteiger partial charge in [0.1, 0.15) is 0 Å². The van der Waals surface area contributed by atoms with Crippen LogP contribution in [0, 0.1) is 5.92 Å². The number of nitrogens with one attached hydrogen (secondary N) is 2. The Balaban J connectivity index is 3.30. The van der Waals surface area contributed by atoms with Crippen LogP contribution in [0.2, 0.25) is 0 Å². The van der Waals surface area contributed by atoms with Crippen LogP contribution in [0.1, 0.15) is 220 Å². The van der Waals surface area contributed by atoms with Gasteiger partial charge in [0.15, 0.2) is 0 Å². The first kappa shape index (κ1) is 43.7. The van der Waals surface area contributed by atoms with Crippen LogP contribution < -0.4 is 10.6 Å². The fourth-order valence-electron chi connectivity index (χ4n) is 6.04. The van der Waals surface area contributed by atoms with Crippen LogP contribution in [0.25, 0.3) is 0 Å². The first-order valence-electron chi connectivity index (χ1n) is 20.2. The molecule has 0 saturated carbocycles. The number of allylic oxidation sites excluding steroid dienone is 2. The van der Waals surface area contributed by atoms with E-state index >= 15 is 0 Å². The van der Waals surface area contributed by atoms with Gasteiger partial charge in [-0.05, 0) is 50.9 Å². The molecule has 0 aromatic heterocycles. The highest BCUT2D eigenvalue weighted by Gasteiger charge is 2.03. The number of carbonyl (C=O) groups is 2. The van der Waals surface area contributed by atoms with Crippen LogP contribution in [-0.4, -0.2) is 24.9 Å². The van der Waals surface area contributed by atoms with Gasteiger partial charge in [-0.15, -0.1) is 0 Å². The summed E-state index contributed by atoms with van der Waals surface area (Å²) in [6.45, 7) is 8.23. The van der Waals surface area contributed by atoms with Crippen LogP contribution >= 0.6 is 0 Å². The van der Waals surface area contributed by atoms with E-state index < -0.39 is 0 Å². The van der Waals surface area contributed by atoms with Gasteiger partial charge in [0.2, 0.25) is 11.8 Å². The van der Waals surface area contributed by atoms with E-state index in [9.17, 15) is 9.59 Å². The number of hydrogen-bond acceptors (Lipinski definition) is 2. The fourth-order valence-corrected chi connectivity index (χ4v) is 6.04. The smallest absolute Gasteiger partial charge is 0.219 e. The molecular weight excluding hydrogens is 552 g/mol. The third-order valence-electron chi connectivity index (χ3n) is 9.10. The van der Waals surface area contributed by atoms with E-state index in [0.29, 0.717) is 25.9 Å². The van der Waals surface area contributed by atoms with Crippen molar-refractivity contribution >= 4 is 11.8 Å². The maximum atomic E-state index is 12.1. The number of hydrogen-bond donors (Lipinski definition) is 2. The zero-order valence-electron chi connectivity index (χ0n) is 30.9. The Morgan fingerprint density at radius 2 is 0.778 bits per heavy atom. The molecule has 0 atom stereocenters. The minimum absolute atomic E-state index is 0.155. The predicted molar refractivity (Wildman–Crippen MR) is 199 cm³/mol. The van der Waals surface area contributed by atoms with Gasteiger partial charge in [-0.1, -0.05) is 174 Å². The molecule has 0 radical (unpaired) electrons. The van der Waals surface area contributed by atoms with Gasteiger partial charge in [-0.25, -0.2) is 0 Å². The van der Waals surface area contributed by atoms with E-state index in [1.54, 1.807) is 0 Å². The Bertz CT molecular complexity index is 645. The quantitative estimate of drug-likeness (QED) is 0.0533. The summed E-state index contributed by atoms with van der Waals surface area (Å²) in [4.78, 5) is 24.1. The first-order chi connectivity index (χ1) is 22.1. The van der Waals surface area contributed by atoms with Crippen molar-refractivity contribution in [3.63, 3.8) is 0 Å². The van der Waals surface area contributed by atoms with Crippen molar-refractivity contribution in [2.45, 2.75) is 220 Å². The van der Waals surface area contributed by atoms with Crippen molar-refractivity contribution in [2.75, 3.05) is 13.1 Å². The monoisotopic (exact) mass is 633 g/mol. The molecule has 266 valence electrons. The zero-order chi connectivity index (χ0) is 32.9. The van der Waals surface area contributed by atoms with Gasteiger partial charge in [-0.2, -0.15) is 0 Å². The lowest BCUT2D eigenvalue weighted by Crippen LogP contribution is -2.29. The Hall–Kier alpha value is -1.32. The minimum Gasteiger partial charge on any atom is -0.356 e. The second kappa shape index (κ2) is 37.1. The summed E-state index contributed by atoms with van der Waals surface area (Å²) in [6, 6.07) is 0. The molecule has 0 aliphatic carbocycles. The molecule has 45 heavy (non-hydrogen) atoms. The average Bonchev–Trinajstić information content (AvgIpc) is 3.02. The zero-order valence-corrected chi connectivity index (χ0v) is 30.9. The van der Waals surface area contributed by atoms with E-state index in [1.165, 1.54) is 154 Å². The van der Waals surface area contributed by atoms with E-state index in [2.05, 4.69) is 43.6 Å². The van der Waals surface area contributed by atoms with Crippen molar-refractivity contribution in [2.24, 2.45) is 5.92 Å². The third kappa shape index (κ3) is 38.8. The summed E-state index contributed by atoms with van der Waals surface area (Å²) < 4.78 is 0.